The minimum atomic E-state index is -0.506. The number of hydrogen-bond donors (Lipinski definition) is 0. The normalized spacial score (nSPS) is 11.5. The van der Waals surface area contributed by atoms with Crippen molar-refractivity contribution in [1.29, 1.82) is 0 Å². The molecule has 0 atom stereocenters. The molecular weight excluding hydrogens is 272 g/mol. The van der Waals surface area contributed by atoms with Gasteiger partial charge < -0.3 is 9.64 Å². The Morgan fingerprint density at radius 3 is 2.48 bits per heavy atom. The quantitative estimate of drug-likeness (QED) is 0.369. The van der Waals surface area contributed by atoms with E-state index >= 15 is 0 Å². The Hall–Kier alpha value is -2.37. The minimum absolute atomic E-state index is 0.000518. The fraction of sp³-hybridized carbons (Fsp3) is 0.400. The number of rotatable bonds is 4. The SMILES string of the molecule is COC(=O)/C=C/c1ccc(N(C)C(C)(C)C)c([N+](=O)[O-])c1. The Morgan fingerprint density at radius 2 is 2.00 bits per heavy atom. The molecule has 0 bridgehead atoms. The molecule has 1 rings (SSSR count). The Morgan fingerprint density at radius 1 is 1.38 bits per heavy atom. The fourth-order valence-electron chi connectivity index (χ4n) is 1.67. The van der Waals surface area contributed by atoms with Gasteiger partial charge in [-0.15, -0.1) is 0 Å². The average Bonchev–Trinajstić information content (AvgIpc) is 2.42. The summed E-state index contributed by atoms with van der Waals surface area (Å²) < 4.78 is 4.49. The first-order chi connectivity index (χ1) is 9.66. The van der Waals surface area contributed by atoms with E-state index in [1.807, 2.05) is 32.7 Å². The van der Waals surface area contributed by atoms with Gasteiger partial charge in [-0.1, -0.05) is 6.07 Å². The third-order valence-electron chi connectivity index (χ3n) is 3.18. The number of nitro groups is 1. The van der Waals surface area contributed by atoms with E-state index in [0.29, 0.717) is 11.3 Å². The molecule has 0 aliphatic rings. The highest BCUT2D eigenvalue weighted by atomic mass is 16.6. The van der Waals surface area contributed by atoms with Crippen LogP contribution in [0.1, 0.15) is 26.3 Å². The van der Waals surface area contributed by atoms with Crippen molar-refractivity contribution in [3.8, 4) is 0 Å². The number of methoxy groups -OCH3 is 1. The van der Waals surface area contributed by atoms with Crippen LogP contribution in [-0.4, -0.2) is 30.6 Å². The number of benzene rings is 1. The molecule has 0 aromatic heterocycles. The van der Waals surface area contributed by atoms with Crippen molar-refractivity contribution in [1.82, 2.24) is 0 Å². The number of nitro benzene ring substituents is 1. The standard InChI is InChI=1S/C15H20N2O4/c1-15(2,3)16(4)12-8-6-11(7-9-14(18)21-5)10-13(12)17(19)20/h6-10H,1-5H3/b9-7+. The van der Waals surface area contributed by atoms with Crippen molar-refractivity contribution in [2.45, 2.75) is 26.3 Å². The van der Waals surface area contributed by atoms with E-state index in [4.69, 9.17) is 0 Å². The monoisotopic (exact) mass is 292 g/mol. The van der Waals surface area contributed by atoms with E-state index in [0.717, 1.165) is 0 Å². The molecule has 1 aromatic rings. The molecule has 0 amide bonds. The van der Waals surface area contributed by atoms with Crippen molar-refractivity contribution in [2.24, 2.45) is 0 Å². The van der Waals surface area contributed by atoms with Crippen LogP contribution in [0.25, 0.3) is 6.08 Å². The van der Waals surface area contributed by atoms with Crippen LogP contribution in [0.2, 0.25) is 0 Å². The molecule has 0 radical (unpaired) electrons. The molecule has 0 saturated carbocycles. The van der Waals surface area contributed by atoms with Gasteiger partial charge in [-0.2, -0.15) is 0 Å². The van der Waals surface area contributed by atoms with Crippen molar-refractivity contribution in [3.05, 3.63) is 40.0 Å². The number of nitrogens with zero attached hydrogens (tertiary/aromatic N) is 2. The molecule has 0 fully saturated rings. The molecular formula is C15H20N2O4. The van der Waals surface area contributed by atoms with Crippen LogP contribution >= 0.6 is 0 Å². The highest BCUT2D eigenvalue weighted by molar-refractivity contribution is 5.87. The number of hydrogen-bond acceptors (Lipinski definition) is 5. The third-order valence-corrected chi connectivity index (χ3v) is 3.18. The van der Waals surface area contributed by atoms with Gasteiger partial charge in [0.2, 0.25) is 0 Å². The van der Waals surface area contributed by atoms with Crippen LogP contribution in [0.15, 0.2) is 24.3 Å². The predicted molar refractivity (Wildman–Crippen MR) is 82.3 cm³/mol. The maximum absolute atomic E-state index is 11.3. The molecule has 0 saturated heterocycles. The van der Waals surface area contributed by atoms with Gasteiger partial charge in [0.15, 0.2) is 0 Å². The average molecular weight is 292 g/mol. The Balaban J connectivity index is 3.23. The molecule has 0 unspecified atom stereocenters. The van der Waals surface area contributed by atoms with Crippen LogP contribution in [0.3, 0.4) is 0 Å². The van der Waals surface area contributed by atoms with Crippen molar-refractivity contribution >= 4 is 23.4 Å². The smallest absolute Gasteiger partial charge is 0.330 e. The second kappa shape index (κ2) is 6.39. The molecule has 0 aliphatic carbocycles. The summed E-state index contributed by atoms with van der Waals surface area (Å²) in [4.78, 5) is 23.7. The molecule has 1 aromatic carbocycles. The lowest BCUT2D eigenvalue weighted by molar-refractivity contribution is -0.384. The van der Waals surface area contributed by atoms with Crippen LogP contribution in [0.5, 0.6) is 0 Å². The zero-order valence-corrected chi connectivity index (χ0v) is 12.9. The first-order valence-corrected chi connectivity index (χ1v) is 6.45. The van der Waals surface area contributed by atoms with Gasteiger partial charge in [-0.25, -0.2) is 4.79 Å². The zero-order valence-electron chi connectivity index (χ0n) is 12.9. The molecule has 0 spiro atoms. The Kier molecular flexibility index (Phi) is 5.07. The van der Waals surface area contributed by atoms with E-state index in [1.165, 1.54) is 25.3 Å². The fourth-order valence-corrected chi connectivity index (χ4v) is 1.67. The lowest BCUT2D eigenvalue weighted by Gasteiger charge is -2.33. The van der Waals surface area contributed by atoms with Crippen LogP contribution < -0.4 is 4.90 Å². The van der Waals surface area contributed by atoms with Gasteiger partial charge in [0.1, 0.15) is 5.69 Å². The van der Waals surface area contributed by atoms with E-state index < -0.39 is 10.9 Å². The Labute approximate surface area is 124 Å². The number of carbonyl (C=O) groups is 1. The van der Waals surface area contributed by atoms with E-state index in [-0.39, 0.29) is 11.2 Å². The number of ether oxygens (including phenoxy) is 1. The molecule has 6 heteroatoms. The lowest BCUT2D eigenvalue weighted by Crippen LogP contribution is -2.38. The van der Waals surface area contributed by atoms with Gasteiger partial charge in [-0.3, -0.25) is 10.1 Å². The van der Waals surface area contributed by atoms with Crippen molar-refractivity contribution in [3.63, 3.8) is 0 Å². The van der Waals surface area contributed by atoms with Crippen LogP contribution in [0, 0.1) is 10.1 Å². The summed E-state index contributed by atoms with van der Waals surface area (Å²) in [5.74, 6) is -0.506. The predicted octanol–water partition coefficient (Wildman–Crippen LogP) is 3.02. The Bertz CT molecular complexity index is 574. The second-order valence-corrected chi connectivity index (χ2v) is 5.59. The largest absolute Gasteiger partial charge is 0.466 e. The van der Waals surface area contributed by atoms with Crippen LogP contribution in [-0.2, 0) is 9.53 Å². The summed E-state index contributed by atoms with van der Waals surface area (Å²) in [6.45, 7) is 5.92. The lowest BCUT2D eigenvalue weighted by atomic mass is 10.0. The van der Waals surface area contributed by atoms with Crippen molar-refractivity contribution < 1.29 is 14.5 Å². The maximum Gasteiger partial charge on any atom is 0.330 e. The third kappa shape index (κ3) is 4.30. The summed E-state index contributed by atoms with van der Waals surface area (Å²) in [6.07, 6.45) is 2.71. The van der Waals surface area contributed by atoms with Gasteiger partial charge in [-0.05, 0) is 38.5 Å². The van der Waals surface area contributed by atoms with E-state index in [2.05, 4.69) is 4.74 Å². The van der Waals surface area contributed by atoms with Gasteiger partial charge >= 0.3 is 5.97 Å². The maximum atomic E-state index is 11.3. The molecule has 114 valence electrons. The second-order valence-electron chi connectivity index (χ2n) is 5.59. The molecule has 6 nitrogen and oxygen atoms in total. The zero-order chi connectivity index (χ0) is 16.2. The minimum Gasteiger partial charge on any atom is -0.466 e. The molecule has 0 aliphatic heterocycles. The first-order valence-electron chi connectivity index (χ1n) is 6.45. The molecule has 0 heterocycles. The summed E-state index contributed by atoms with van der Waals surface area (Å²) in [6, 6.07) is 4.85. The molecule has 21 heavy (non-hydrogen) atoms. The highest BCUT2D eigenvalue weighted by Gasteiger charge is 2.24. The number of esters is 1. The molecule has 0 N–H and O–H groups in total. The van der Waals surface area contributed by atoms with Crippen LogP contribution in [0.4, 0.5) is 11.4 Å². The summed E-state index contributed by atoms with van der Waals surface area (Å²) in [5, 5.41) is 11.3. The topological polar surface area (TPSA) is 72.7 Å². The van der Waals surface area contributed by atoms with Gasteiger partial charge in [0, 0.05) is 24.7 Å². The number of anilines is 1. The first kappa shape index (κ1) is 16.7. The van der Waals surface area contributed by atoms with Crippen molar-refractivity contribution in [2.75, 3.05) is 19.1 Å². The number of carbonyl (C=O) groups excluding carboxylic acids is 1. The summed E-state index contributed by atoms with van der Waals surface area (Å²) >= 11 is 0. The van der Waals surface area contributed by atoms with Gasteiger partial charge in [0.25, 0.3) is 5.69 Å². The highest BCUT2D eigenvalue weighted by Crippen LogP contribution is 2.32. The van der Waals surface area contributed by atoms with E-state index in [1.54, 1.807) is 12.1 Å². The summed E-state index contributed by atoms with van der Waals surface area (Å²) in [5.41, 5.74) is 0.856. The van der Waals surface area contributed by atoms with Gasteiger partial charge in [0.05, 0.1) is 12.0 Å². The summed E-state index contributed by atoms with van der Waals surface area (Å²) in [7, 11) is 3.09. The van der Waals surface area contributed by atoms with E-state index in [9.17, 15) is 14.9 Å².